The van der Waals surface area contributed by atoms with Gasteiger partial charge in [-0.3, -0.25) is 9.59 Å². The molecular weight excluding hydrogens is 396 g/mol. The Morgan fingerprint density at radius 1 is 1.03 bits per heavy atom. The van der Waals surface area contributed by atoms with E-state index in [9.17, 15) is 9.59 Å². The SMILES string of the molecule is COc1ccccc1CNC(=O)C[NH+](C)CC(=O)Nc1ccc(N2CCOCC2)cc1. The average molecular weight is 428 g/mol. The average Bonchev–Trinajstić information content (AvgIpc) is 2.78. The Hall–Kier alpha value is -3.10. The topological polar surface area (TPSA) is 84.3 Å². The molecule has 8 heteroatoms. The van der Waals surface area contributed by atoms with Crippen molar-refractivity contribution in [2.45, 2.75) is 6.54 Å². The quantitative estimate of drug-likeness (QED) is 0.536. The number of ether oxygens (including phenoxy) is 2. The third kappa shape index (κ3) is 6.97. The zero-order chi connectivity index (χ0) is 22.1. The van der Waals surface area contributed by atoms with Crippen LogP contribution in [0.1, 0.15) is 5.56 Å². The van der Waals surface area contributed by atoms with Crippen LogP contribution in [0.3, 0.4) is 0 Å². The number of carbonyl (C=O) groups excluding carboxylic acids is 2. The Morgan fingerprint density at radius 3 is 2.42 bits per heavy atom. The van der Waals surface area contributed by atoms with Gasteiger partial charge in [0.25, 0.3) is 11.8 Å². The van der Waals surface area contributed by atoms with E-state index in [0.717, 1.165) is 53.9 Å². The van der Waals surface area contributed by atoms with Crippen LogP contribution in [-0.4, -0.2) is 65.4 Å². The van der Waals surface area contributed by atoms with E-state index in [0.29, 0.717) is 6.54 Å². The van der Waals surface area contributed by atoms with Gasteiger partial charge in [0.05, 0.1) is 27.4 Å². The number of benzene rings is 2. The van der Waals surface area contributed by atoms with Gasteiger partial charge >= 0.3 is 0 Å². The maximum Gasteiger partial charge on any atom is 0.279 e. The van der Waals surface area contributed by atoms with Crippen molar-refractivity contribution in [2.24, 2.45) is 0 Å². The molecule has 0 aliphatic carbocycles. The molecule has 3 N–H and O–H groups in total. The normalized spacial score (nSPS) is 14.6. The summed E-state index contributed by atoms with van der Waals surface area (Å²) in [5, 5.41) is 5.78. The number of anilines is 2. The minimum Gasteiger partial charge on any atom is -0.496 e. The number of morpholine rings is 1. The minimum atomic E-state index is -0.130. The number of hydrogen-bond acceptors (Lipinski definition) is 5. The molecule has 0 saturated carbocycles. The Kier molecular flexibility index (Phi) is 8.26. The molecule has 31 heavy (non-hydrogen) atoms. The second-order valence-corrected chi connectivity index (χ2v) is 7.59. The third-order valence-electron chi connectivity index (χ3n) is 5.12. The number of hydrogen-bond donors (Lipinski definition) is 3. The van der Waals surface area contributed by atoms with E-state index < -0.39 is 0 Å². The lowest BCUT2D eigenvalue weighted by Gasteiger charge is -2.28. The van der Waals surface area contributed by atoms with E-state index in [2.05, 4.69) is 15.5 Å². The molecule has 2 amide bonds. The standard InChI is InChI=1S/C23H30N4O4/c1-26(16-22(28)24-15-18-5-3-4-6-21(18)30-2)17-23(29)25-19-7-9-20(10-8-19)27-11-13-31-14-12-27/h3-10H,11-17H2,1-2H3,(H,24,28)(H,25,29)/p+1. The summed E-state index contributed by atoms with van der Waals surface area (Å²) in [5.74, 6) is 0.489. The summed E-state index contributed by atoms with van der Waals surface area (Å²) in [6.45, 7) is 4.02. The number of carbonyl (C=O) groups is 2. The number of amides is 2. The monoisotopic (exact) mass is 427 g/mol. The number of para-hydroxylation sites is 1. The van der Waals surface area contributed by atoms with Crippen LogP contribution in [0.5, 0.6) is 5.75 Å². The maximum atomic E-state index is 12.3. The molecule has 8 nitrogen and oxygen atoms in total. The molecule has 1 aliphatic rings. The predicted octanol–water partition coefficient (Wildman–Crippen LogP) is 0.301. The van der Waals surface area contributed by atoms with Crippen molar-refractivity contribution >= 4 is 23.2 Å². The second-order valence-electron chi connectivity index (χ2n) is 7.59. The van der Waals surface area contributed by atoms with Crippen molar-refractivity contribution in [1.29, 1.82) is 0 Å². The molecule has 3 rings (SSSR count). The van der Waals surface area contributed by atoms with Gasteiger partial charge in [-0.15, -0.1) is 0 Å². The summed E-state index contributed by atoms with van der Waals surface area (Å²) in [7, 11) is 3.43. The van der Waals surface area contributed by atoms with Crippen molar-refractivity contribution in [2.75, 3.05) is 63.8 Å². The van der Waals surface area contributed by atoms with Gasteiger partial charge in [-0.25, -0.2) is 0 Å². The van der Waals surface area contributed by atoms with Crippen molar-refractivity contribution in [3.8, 4) is 5.75 Å². The Labute approximate surface area is 183 Å². The van der Waals surface area contributed by atoms with Crippen molar-refractivity contribution in [3.63, 3.8) is 0 Å². The van der Waals surface area contributed by atoms with Gasteiger partial charge in [-0.1, -0.05) is 18.2 Å². The molecule has 0 radical (unpaired) electrons. The van der Waals surface area contributed by atoms with E-state index in [1.807, 2.05) is 55.6 Å². The molecule has 0 aromatic heterocycles. The largest absolute Gasteiger partial charge is 0.496 e. The summed E-state index contributed by atoms with van der Waals surface area (Å²) < 4.78 is 10.7. The van der Waals surface area contributed by atoms with Gasteiger partial charge in [0.2, 0.25) is 0 Å². The number of likely N-dealkylation sites (N-methyl/N-ethyl adjacent to an activating group) is 1. The van der Waals surface area contributed by atoms with Gasteiger partial charge in [0.1, 0.15) is 5.75 Å². The van der Waals surface area contributed by atoms with Crippen LogP contribution in [0.15, 0.2) is 48.5 Å². The van der Waals surface area contributed by atoms with Crippen LogP contribution >= 0.6 is 0 Å². The van der Waals surface area contributed by atoms with Gasteiger partial charge in [0.15, 0.2) is 13.1 Å². The maximum absolute atomic E-state index is 12.3. The number of methoxy groups -OCH3 is 1. The minimum absolute atomic E-state index is 0.119. The Bertz CT molecular complexity index is 866. The van der Waals surface area contributed by atoms with E-state index in [4.69, 9.17) is 9.47 Å². The molecule has 1 heterocycles. The first kappa shape index (κ1) is 22.6. The van der Waals surface area contributed by atoms with Gasteiger partial charge in [-0.05, 0) is 30.3 Å². The van der Waals surface area contributed by atoms with Gasteiger partial charge < -0.3 is 29.9 Å². The molecule has 2 aromatic rings. The van der Waals surface area contributed by atoms with Gasteiger partial charge in [0, 0.05) is 36.6 Å². The number of nitrogens with zero attached hydrogens (tertiary/aromatic N) is 1. The molecule has 1 atom stereocenters. The highest BCUT2D eigenvalue weighted by Crippen LogP contribution is 2.19. The van der Waals surface area contributed by atoms with Crippen LogP contribution in [0.4, 0.5) is 11.4 Å². The lowest BCUT2D eigenvalue weighted by molar-refractivity contribution is -0.862. The highest BCUT2D eigenvalue weighted by Gasteiger charge is 2.15. The Morgan fingerprint density at radius 2 is 1.71 bits per heavy atom. The highest BCUT2D eigenvalue weighted by molar-refractivity contribution is 5.91. The van der Waals surface area contributed by atoms with Crippen LogP contribution in [0.25, 0.3) is 0 Å². The van der Waals surface area contributed by atoms with Gasteiger partial charge in [-0.2, -0.15) is 0 Å². The fourth-order valence-corrected chi connectivity index (χ4v) is 3.50. The molecule has 2 aromatic carbocycles. The number of nitrogens with one attached hydrogen (secondary N) is 3. The van der Waals surface area contributed by atoms with E-state index in [1.54, 1.807) is 7.11 Å². The van der Waals surface area contributed by atoms with Crippen LogP contribution < -0.4 is 25.2 Å². The number of rotatable bonds is 9. The lowest BCUT2D eigenvalue weighted by Crippen LogP contribution is -3.11. The van der Waals surface area contributed by atoms with Crippen LogP contribution in [-0.2, 0) is 20.9 Å². The molecule has 0 spiro atoms. The first-order valence-electron chi connectivity index (χ1n) is 10.5. The molecule has 1 unspecified atom stereocenters. The summed E-state index contributed by atoms with van der Waals surface area (Å²) >= 11 is 0. The number of quaternary nitrogens is 1. The molecule has 166 valence electrons. The first-order chi connectivity index (χ1) is 15.0. The zero-order valence-electron chi connectivity index (χ0n) is 18.1. The van der Waals surface area contributed by atoms with Crippen molar-refractivity contribution in [3.05, 3.63) is 54.1 Å². The van der Waals surface area contributed by atoms with E-state index in [-0.39, 0.29) is 24.9 Å². The van der Waals surface area contributed by atoms with E-state index >= 15 is 0 Å². The van der Waals surface area contributed by atoms with Crippen molar-refractivity contribution in [1.82, 2.24) is 5.32 Å². The van der Waals surface area contributed by atoms with E-state index in [1.165, 1.54) is 0 Å². The fraction of sp³-hybridized carbons (Fsp3) is 0.391. The third-order valence-corrected chi connectivity index (χ3v) is 5.12. The second kappa shape index (κ2) is 11.3. The highest BCUT2D eigenvalue weighted by atomic mass is 16.5. The molecule has 1 saturated heterocycles. The van der Waals surface area contributed by atoms with Crippen LogP contribution in [0.2, 0.25) is 0 Å². The molecule has 1 aliphatic heterocycles. The van der Waals surface area contributed by atoms with Crippen molar-refractivity contribution < 1.29 is 24.0 Å². The lowest BCUT2D eigenvalue weighted by atomic mass is 10.2. The van der Waals surface area contributed by atoms with Crippen LogP contribution in [0, 0.1) is 0 Å². The Balaban J connectivity index is 1.41. The fourth-order valence-electron chi connectivity index (χ4n) is 3.50. The molecule has 1 fully saturated rings. The summed E-state index contributed by atoms with van der Waals surface area (Å²) in [5.41, 5.74) is 2.78. The zero-order valence-corrected chi connectivity index (χ0v) is 18.1. The summed E-state index contributed by atoms with van der Waals surface area (Å²) in [6.07, 6.45) is 0. The predicted molar refractivity (Wildman–Crippen MR) is 120 cm³/mol. The smallest absolute Gasteiger partial charge is 0.279 e. The first-order valence-corrected chi connectivity index (χ1v) is 10.5. The molecular formula is C23H31N4O4+. The molecule has 0 bridgehead atoms. The summed E-state index contributed by atoms with van der Waals surface area (Å²) in [6, 6.07) is 15.4. The summed E-state index contributed by atoms with van der Waals surface area (Å²) in [4.78, 5) is 27.6.